The van der Waals surface area contributed by atoms with Gasteiger partial charge in [-0.05, 0) is 18.8 Å². The third kappa shape index (κ3) is 1.74. The summed E-state index contributed by atoms with van der Waals surface area (Å²) < 4.78 is 10.3. The van der Waals surface area contributed by atoms with Gasteiger partial charge in [-0.2, -0.15) is 0 Å². The first-order valence-electron chi connectivity index (χ1n) is 5.03. The van der Waals surface area contributed by atoms with Crippen LogP contribution >= 0.6 is 0 Å². The molecule has 0 aromatic rings. The molecule has 4 heteroatoms. The molecule has 0 aromatic heterocycles. The van der Waals surface area contributed by atoms with Crippen LogP contribution < -0.4 is 0 Å². The maximum atomic E-state index is 11.1. The number of hydrogen-bond donors (Lipinski definition) is 0. The standard InChI is InChI=1S/C10H14O4/c1-7-2-4-10(5-3-7)13-8(11)6-9(12)14-10/h7H,2-6H2,1H3. The molecule has 1 saturated heterocycles. The average molecular weight is 198 g/mol. The number of rotatable bonds is 0. The van der Waals surface area contributed by atoms with Gasteiger partial charge in [0.2, 0.25) is 0 Å². The van der Waals surface area contributed by atoms with E-state index in [-0.39, 0.29) is 6.42 Å². The highest BCUT2D eigenvalue weighted by Gasteiger charge is 2.45. The van der Waals surface area contributed by atoms with Crippen LogP contribution in [0, 0.1) is 5.92 Å². The molecule has 0 atom stereocenters. The van der Waals surface area contributed by atoms with E-state index in [2.05, 4.69) is 6.92 Å². The third-order valence-electron chi connectivity index (χ3n) is 2.92. The summed E-state index contributed by atoms with van der Waals surface area (Å²) in [6.07, 6.45) is 2.94. The number of ether oxygens (including phenoxy) is 2. The van der Waals surface area contributed by atoms with E-state index in [1.54, 1.807) is 0 Å². The van der Waals surface area contributed by atoms with Crippen LogP contribution in [0.25, 0.3) is 0 Å². The monoisotopic (exact) mass is 198 g/mol. The van der Waals surface area contributed by atoms with Gasteiger partial charge in [0.05, 0.1) is 0 Å². The van der Waals surface area contributed by atoms with E-state index in [0.29, 0.717) is 18.8 Å². The Morgan fingerprint density at radius 2 is 1.64 bits per heavy atom. The summed E-state index contributed by atoms with van der Waals surface area (Å²) in [6, 6.07) is 0. The molecule has 0 unspecified atom stereocenters. The van der Waals surface area contributed by atoms with Gasteiger partial charge in [-0.3, -0.25) is 9.59 Å². The second-order valence-corrected chi connectivity index (χ2v) is 4.22. The van der Waals surface area contributed by atoms with Gasteiger partial charge in [-0.25, -0.2) is 0 Å². The zero-order chi connectivity index (χ0) is 10.2. The molecule has 0 aromatic carbocycles. The molecule has 2 fully saturated rings. The van der Waals surface area contributed by atoms with Gasteiger partial charge in [0.25, 0.3) is 5.79 Å². The van der Waals surface area contributed by atoms with Crippen molar-refractivity contribution in [3.05, 3.63) is 0 Å². The van der Waals surface area contributed by atoms with Crippen LogP contribution in [0.3, 0.4) is 0 Å². The van der Waals surface area contributed by atoms with Crippen LogP contribution in [0.2, 0.25) is 0 Å². The lowest BCUT2D eigenvalue weighted by molar-refractivity contribution is -0.254. The molecule has 78 valence electrons. The minimum Gasteiger partial charge on any atom is -0.422 e. The van der Waals surface area contributed by atoms with Crippen molar-refractivity contribution in [3.8, 4) is 0 Å². The number of esters is 2. The molecule has 0 amide bonds. The van der Waals surface area contributed by atoms with Crippen molar-refractivity contribution in [2.75, 3.05) is 0 Å². The van der Waals surface area contributed by atoms with E-state index in [4.69, 9.17) is 9.47 Å². The fraction of sp³-hybridized carbons (Fsp3) is 0.800. The van der Waals surface area contributed by atoms with E-state index in [1.165, 1.54) is 0 Å². The van der Waals surface area contributed by atoms with Gasteiger partial charge >= 0.3 is 11.9 Å². The van der Waals surface area contributed by atoms with Crippen LogP contribution in [0.15, 0.2) is 0 Å². The van der Waals surface area contributed by atoms with Crippen molar-refractivity contribution >= 4 is 11.9 Å². The molecule has 0 bridgehead atoms. The fourth-order valence-corrected chi connectivity index (χ4v) is 2.03. The van der Waals surface area contributed by atoms with Crippen molar-refractivity contribution in [1.29, 1.82) is 0 Å². The molecule has 1 aliphatic carbocycles. The summed E-state index contributed by atoms with van der Waals surface area (Å²) in [5, 5.41) is 0. The topological polar surface area (TPSA) is 52.6 Å². The van der Waals surface area contributed by atoms with Crippen molar-refractivity contribution < 1.29 is 19.1 Å². The molecule has 2 aliphatic rings. The van der Waals surface area contributed by atoms with Crippen molar-refractivity contribution in [1.82, 2.24) is 0 Å². The molecular weight excluding hydrogens is 184 g/mol. The van der Waals surface area contributed by atoms with Gasteiger partial charge < -0.3 is 9.47 Å². The Kier molecular flexibility index (Phi) is 2.21. The van der Waals surface area contributed by atoms with Gasteiger partial charge in [-0.1, -0.05) is 6.92 Å². The van der Waals surface area contributed by atoms with Crippen LogP contribution in [0.4, 0.5) is 0 Å². The Hall–Kier alpha value is -1.06. The predicted octanol–water partition coefficient (Wildman–Crippen LogP) is 1.38. The largest absolute Gasteiger partial charge is 0.422 e. The molecule has 0 N–H and O–H groups in total. The molecular formula is C10H14O4. The quantitative estimate of drug-likeness (QED) is 0.436. The first-order valence-corrected chi connectivity index (χ1v) is 5.03. The summed E-state index contributed by atoms with van der Waals surface area (Å²) in [4.78, 5) is 22.2. The van der Waals surface area contributed by atoms with Crippen molar-refractivity contribution in [2.24, 2.45) is 5.92 Å². The normalized spacial score (nSPS) is 27.2. The number of carbonyl (C=O) groups excluding carboxylic acids is 2. The summed E-state index contributed by atoms with van der Waals surface area (Å²) >= 11 is 0. The first-order chi connectivity index (χ1) is 6.60. The molecule has 1 saturated carbocycles. The predicted molar refractivity (Wildman–Crippen MR) is 47.2 cm³/mol. The molecule has 14 heavy (non-hydrogen) atoms. The Morgan fingerprint density at radius 3 is 2.14 bits per heavy atom. The summed E-state index contributed by atoms with van der Waals surface area (Å²) in [5.74, 6) is -1.19. The van der Waals surface area contributed by atoms with Crippen molar-refractivity contribution in [3.63, 3.8) is 0 Å². The summed E-state index contributed by atoms with van der Waals surface area (Å²) in [6.45, 7) is 2.15. The maximum absolute atomic E-state index is 11.1. The molecule has 1 spiro atoms. The third-order valence-corrected chi connectivity index (χ3v) is 2.92. The lowest BCUT2D eigenvalue weighted by atomic mass is 9.86. The van der Waals surface area contributed by atoms with E-state index < -0.39 is 17.7 Å². The SMILES string of the molecule is CC1CCC2(CC1)OC(=O)CC(=O)O2. The zero-order valence-corrected chi connectivity index (χ0v) is 8.25. The van der Waals surface area contributed by atoms with E-state index in [9.17, 15) is 9.59 Å². The number of hydrogen-bond acceptors (Lipinski definition) is 4. The van der Waals surface area contributed by atoms with E-state index >= 15 is 0 Å². The smallest absolute Gasteiger partial charge is 0.320 e. The van der Waals surface area contributed by atoms with E-state index in [1.807, 2.05) is 0 Å². The minimum atomic E-state index is -0.918. The van der Waals surface area contributed by atoms with E-state index in [0.717, 1.165) is 12.8 Å². The second kappa shape index (κ2) is 3.26. The van der Waals surface area contributed by atoms with Crippen molar-refractivity contribution in [2.45, 2.75) is 44.8 Å². The Morgan fingerprint density at radius 1 is 1.14 bits per heavy atom. The fourth-order valence-electron chi connectivity index (χ4n) is 2.03. The molecule has 1 aliphatic heterocycles. The van der Waals surface area contributed by atoms with Gasteiger partial charge in [-0.15, -0.1) is 0 Å². The highest BCUT2D eigenvalue weighted by Crippen LogP contribution is 2.37. The lowest BCUT2D eigenvalue weighted by Gasteiger charge is -2.39. The Bertz CT molecular complexity index is 245. The average Bonchev–Trinajstić information content (AvgIpc) is 2.09. The van der Waals surface area contributed by atoms with Gasteiger partial charge in [0.15, 0.2) is 0 Å². The molecule has 4 nitrogen and oxygen atoms in total. The summed E-state index contributed by atoms with van der Waals surface area (Å²) in [7, 11) is 0. The van der Waals surface area contributed by atoms with Crippen LogP contribution in [0.1, 0.15) is 39.0 Å². The van der Waals surface area contributed by atoms with Crippen LogP contribution in [-0.2, 0) is 19.1 Å². The highest BCUT2D eigenvalue weighted by atomic mass is 16.7. The highest BCUT2D eigenvalue weighted by molar-refractivity contribution is 5.93. The Labute approximate surface area is 82.6 Å². The molecule has 0 radical (unpaired) electrons. The zero-order valence-electron chi connectivity index (χ0n) is 8.25. The number of carbonyl (C=O) groups is 2. The second-order valence-electron chi connectivity index (χ2n) is 4.22. The summed E-state index contributed by atoms with van der Waals surface area (Å²) in [5.41, 5.74) is 0. The first kappa shape index (κ1) is 9.49. The maximum Gasteiger partial charge on any atom is 0.320 e. The van der Waals surface area contributed by atoms with Crippen LogP contribution in [0.5, 0.6) is 0 Å². The van der Waals surface area contributed by atoms with Gasteiger partial charge in [0.1, 0.15) is 6.42 Å². The molecule has 1 heterocycles. The molecule has 2 rings (SSSR count). The Balaban J connectivity index is 2.07. The minimum absolute atomic E-state index is 0.239. The lowest BCUT2D eigenvalue weighted by Crippen LogP contribution is -2.47. The van der Waals surface area contributed by atoms with Gasteiger partial charge in [0, 0.05) is 12.8 Å². The van der Waals surface area contributed by atoms with Crippen LogP contribution in [-0.4, -0.2) is 17.7 Å².